The van der Waals surface area contributed by atoms with Crippen LogP contribution in [0.25, 0.3) is 0 Å². The largest absolute Gasteiger partial charge is 0.390 e. The van der Waals surface area contributed by atoms with Crippen molar-refractivity contribution in [3.63, 3.8) is 0 Å². The van der Waals surface area contributed by atoms with Crippen LogP contribution in [0.15, 0.2) is 0 Å². The minimum Gasteiger partial charge on any atom is -0.390 e. The minimum absolute atomic E-state index is 0.0295. The molecule has 0 saturated heterocycles. The van der Waals surface area contributed by atoms with Gasteiger partial charge in [-0.05, 0) is 31.1 Å². The van der Waals surface area contributed by atoms with Crippen molar-refractivity contribution in [2.24, 2.45) is 11.8 Å². The van der Waals surface area contributed by atoms with Crippen LogP contribution in [0.2, 0.25) is 0 Å². The van der Waals surface area contributed by atoms with Gasteiger partial charge in [-0.2, -0.15) is 0 Å². The van der Waals surface area contributed by atoms with Gasteiger partial charge in [-0.3, -0.25) is 0 Å². The van der Waals surface area contributed by atoms with Gasteiger partial charge in [0.15, 0.2) is 0 Å². The Morgan fingerprint density at radius 2 is 2.00 bits per heavy atom. The van der Waals surface area contributed by atoms with Gasteiger partial charge in [-0.25, -0.2) is 0 Å². The van der Waals surface area contributed by atoms with Crippen molar-refractivity contribution in [3.05, 3.63) is 0 Å². The van der Waals surface area contributed by atoms with Crippen molar-refractivity contribution in [1.29, 1.82) is 0 Å². The number of rotatable bonds is 7. The van der Waals surface area contributed by atoms with Crippen LogP contribution in [0.5, 0.6) is 0 Å². The Labute approximate surface area is 86.4 Å². The smallest absolute Gasteiger partial charge is 0.0860 e. The molecular weight excluding hydrogens is 180 g/mol. The van der Waals surface area contributed by atoms with E-state index in [9.17, 15) is 5.11 Å². The van der Waals surface area contributed by atoms with Crippen LogP contribution < -0.4 is 0 Å². The zero-order valence-corrected chi connectivity index (χ0v) is 9.40. The molecule has 1 rings (SSSR count). The average molecular weight is 202 g/mol. The van der Waals surface area contributed by atoms with E-state index in [4.69, 9.17) is 9.47 Å². The first-order chi connectivity index (χ1) is 6.70. The number of hydrogen-bond acceptors (Lipinski definition) is 3. The SMILES string of the molecule is COCCC(C)C(O)C(OC)C1CC1. The highest BCUT2D eigenvalue weighted by Gasteiger charge is 2.37. The second-order valence-corrected chi connectivity index (χ2v) is 4.29. The normalized spacial score (nSPS) is 23.1. The fourth-order valence-electron chi connectivity index (χ4n) is 1.83. The summed E-state index contributed by atoms with van der Waals surface area (Å²) in [7, 11) is 3.38. The Morgan fingerprint density at radius 1 is 1.36 bits per heavy atom. The highest BCUT2D eigenvalue weighted by atomic mass is 16.5. The molecule has 3 atom stereocenters. The summed E-state index contributed by atoms with van der Waals surface area (Å²) in [6.45, 7) is 2.76. The molecule has 3 nitrogen and oxygen atoms in total. The first-order valence-corrected chi connectivity index (χ1v) is 5.40. The van der Waals surface area contributed by atoms with Gasteiger partial charge >= 0.3 is 0 Å². The van der Waals surface area contributed by atoms with Crippen molar-refractivity contribution in [3.8, 4) is 0 Å². The Balaban J connectivity index is 2.32. The second kappa shape index (κ2) is 5.69. The third kappa shape index (κ3) is 3.23. The lowest BCUT2D eigenvalue weighted by atomic mass is 9.94. The molecule has 0 aromatic carbocycles. The van der Waals surface area contributed by atoms with Gasteiger partial charge in [0.2, 0.25) is 0 Å². The lowest BCUT2D eigenvalue weighted by Crippen LogP contribution is -2.35. The highest BCUT2D eigenvalue weighted by molar-refractivity contribution is 4.88. The Kier molecular flexibility index (Phi) is 4.85. The van der Waals surface area contributed by atoms with Crippen LogP contribution in [0.4, 0.5) is 0 Å². The molecule has 0 aromatic heterocycles. The molecule has 1 aliphatic carbocycles. The van der Waals surface area contributed by atoms with E-state index < -0.39 is 0 Å². The van der Waals surface area contributed by atoms with E-state index in [1.165, 1.54) is 12.8 Å². The summed E-state index contributed by atoms with van der Waals surface area (Å²) in [5, 5.41) is 10.0. The van der Waals surface area contributed by atoms with Crippen molar-refractivity contribution in [1.82, 2.24) is 0 Å². The fourth-order valence-corrected chi connectivity index (χ4v) is 1.83. The number of hydrogen-bond donors (Lipinski definition) is 1. The van der Waals surface area contributed by atoms with Crippen molar-refractivity contribution >= 4 is 0 Å². The van der Waals surface area contributed by atoms with Gasteiger partial charge in [0.05, 0.1) is 12.2 Å². The summed E-state index contributed by atoms with van der Waals surface area (Å²) in [6.07, 6.45) is 2.98. The number of aliphatic hydroxyl groups is 1. The van der Waals surface area contributed by atoms with Crippen molar-refractivity contribution in [2.75, 3.05) is 20.8 Å². The van der Waals surface area contributed by atoms with Crippen LogP contribution in [-0.2, 0) is 9.47 Å². The van der Waals surface area contributed by atoms with E-state index in [0.29, 0.717) is 12.5 Å². The molecule has 1 N–H and O–H groups in total. The van der Waals surface area contributed by atoms with Gasteiger partial charge in [0.1, 0.15) is 0 Å². The van der Waals surface area contributed by atoms with Gasteiger partial charge in [0.25, 0.3) is 0 Å². The third-order valence-corrected chi connectivity index (χ3v) is 3.06. The summed E-state index contributed by atoms with van der Waals surface area (Å²) >= 11 is 0. The van der Waals surface area contributed by atoms with Gasteiger partial charge in [-0.15, -0.1) is 0 Å². The molecule has 0 amide bonds. The monoisotopic (exact) mass is 202 g/mol. The molecule has 0 aromatic rings. The molecule has 0 aliphatic heterocycles. The molecule has 1 aliphatic rings. The molecule has 0 bridgehead atoms. The van der Waals surface area contributed by atoms with Crippen LogP contribution in [0, 0.1) is 11.8 Å². The standard InChI is InChI=1S/C11H22O3/c1-8(6-7-13-2)10(12)11(14-3)9-4-5-9/h8-12H,4-7H2,1-3H3. The van der Waals surface area contributed by atoms with E-state index >= 15 is 0 Å². The maximum Gasteiger partial charge on any atom is 0.0860 e. The van der Waals surface area contributed by atoms with Crippen LogP contribution in [-0.4, -0.2) is 38.1 Å². The van der Waals surface area contributed by atoms with Gasteiger partial charge in [-0.1, -0.05) is 6.92 Å². The van der Waals surface area contributed by atoms with E-state index in [1.54, 1.807) is 14.2 Å². The summed E-state index contributed by atoms with van der Waals surface area (Å²) in [6, 6.07) is 0. The molecule has 84 valence electrons. The van der Waals surface area contributed by atoms with Crippen LogP contribution in [0.3, 0.4) is 0 Å². The Morgan fingerprint density at radius 3 is 2.43 bits per heavy atom. The van der Waals surface area contributed by atoms with Crippen molar-refractivity contribution < 1.29 is 14.6 Å². The molecule has 3 unspecified atom stereocenters. The maximum absolute atomic E-state index is 10.0. The summed E-state index contributed by atoms with van der Waals surface area (Å²) in [5.41, 5.74) is 0. The first kappa shape index (κ1) is 12.0. The predicted molar refractivity (Wildman–Crippen MR) is 55.2 cm³/mol. The van der Waals surface area contributed by atoms with Crippen LogP contribution in [0.1, 0.15) is 26.2 Å². The highest BCUT2D eigenvalue weighted by Crippen LogP contribution is 2.37. The molecule has 1 saturated carbocycles. The number of methoxy groups -OCH3 is 2. The topological polar surface area (TPSA) is 38.7 Å². The van der Waals surface area contributed by atoms with E-state index in [1.807, 2.05) is 0 Å². The molecule has 1 fully saturated rings. The molecule has 14 heavy (non-hydrogen) atoms. The zero-order valence-electron chi connectivity index (χ0n) is 9.40. The lowest BCUT2D eigenvalue weighted by molar-refractivity contribution is -0.0536. The second-order valence-electron chi connectivity index (χ2n) is 4.29. The molecule has 3 heteroatoms. The molecule has 0 heterocycles. The number of ether oxygens (including phenoxy) is 2. The lowest BCUT2D eigenvalue weighted by Gasteiger charge is -2.26. The zero-order chi connectivity index (χ0) is 10.6. The van der Waals surface area contributed by atoms with E-state index in [-0.39, 0.29) is 18.1 Å². The van der Waals surface area contributed by atoms with Gasteiger partial charge < -0.3 is 14.6 Å². The van der Waals surface area contributed by atoms with E-state index in [2.05, 4.69) is 6.92 Å². The summed E-state index contributed by atoms with van der Waals surface area (Å²) < 4.78 is 10.3. The maximum atomic E-state index is 10.0. The summed E-state index contributed by atoms with van der Waals surface area (Å²) in [4.78, 5) is 0. The predicted octanol–water partition coefficient (Wildman–Crippen LogP) is 1.44. The summed E-state index contributed by atoms with van der Waals surface area (Å²) in [5.74, 6) is 0.834. The van der Waals surface area contributed by atoms with E-state index in [0.717, 1.165) is 6.42 Å². The quantitative estimate of drug-likeness (QED) is 0.679. The third-order valence-electron chi connectivity index (χ3n) is 3.06. The fraction of sp³-hybridized carbons (Fsp3) is 1.00. The molecule has 0 spiro atoms. The van der Waals surface area contributed by atoms with Gasteiger partial charge in [0, 0.05) is 20.8 Å². The average Bonchev–Trinajstić information content (AvgIpc) is 2.99. The van der Waals surface area contributed by atoms with Crippen LogP contribution >= 0.6 is 0 Å². The minimum atomic E-state index is -0.345. The molecule has 0 radical (unpaired) electrons. The van der Waals surface area contributed by atoms with Crippen molar-refractivity contribution in [2.45, 2.75) is 38.4 Å². The number of aliphatic hydroxyl groups excluding tert-OH is 1. The Hall–Kier alpha value is -0.120. The Bertz CT molecular complexity index is 157. The first-order valence-electron chi connectivity index (χ1n) is 5.40. The molecular formula is C11H22O3.